The minimum Gasteiger partial charge on any atom is -0.460 e. The van der Waals surface area contributed by atoms with Gasteiger partial charge in [-0.05, 0) is 50.1 Å². The molecule has 1 aliphatic rings. The van der Waals surface area contributed by atoms with Gasteiger partial charge in [0.05, 0.1) is 0 Å². The van der Waals surface area contributed by atoms with E-state index < -0.39 is 5.56 Å². The van der Waals surface area contributed by atoms with Gasteiger partial charge < -0.3 is 15.1 Å². The predicted molar refractivity (Wildman–Crippen MR) is 102 cm³/mol. The van der Waals surface area contributed by atoms with E-state index in [1.165, 1.54) is 6.07 Å². The molecule has 1 atom stereocenters. The Bertz CT molecular complexity index is 1080. The van der Waals surface area contributed by atoms with Crippen LogP contribution in [-0.4, -0.2) is 21.7 Å². The largest absolute Gasteiger partial charge is 0.460 e. The van der Waals surface area contributed by atoms with Crippen LogP contribution >= 0.6 is 0 Å². The maximum Gasteiger partial charge on any atom is 0.290 e. The Morgan fingerprint density at radius 3 is 2.81 bits per heavy atom. The highest BCUT2D eigenvalue weighted by Gasteiger charge is 2.31. The molecule has 27 heavy (non-hydrogen) atoms. The van der Waals surface area contributed by atoms with Crippen molar-refractivity contribution in [2.45, 2.75) is 32.9 Å². The second kappa shape index (κ2) is 6.42. The number of aryl methyl sites for hydroxylation is 1. The van der Waals surface area contributed by atoms with E-state index in [1.54, 1.807) is 17.0 Å². The predicted octanol–water partition coefficient (Wildman–Crippen LogP) is 2.37. The molecule has 3 heterocycles. The SMILES string of the molecule is Cc1ccc(-c2cc(N)c(=O)n(CC(=O)N3c4ccccc4C[C@H]3C)n2)o1. The van der Waals surface area contributed by atoms with Gasteiger partial charge in [0, 0.05) is 11.7 Å². The van der Waals surface area contributed by atoms with Gasteiger partial charge in [-0.1, -0.05) is 18.2 Å². The molecule has 1 aliphatic heterocycles. The molecule has 0 saturated heterocycles. The number of benzene rings is 1. The van der Waals surface area contributed by atoms with E-state index in [4.69, 9.17) is 10.2 Å². The van der Waals surface area contributed by atoms with E-state index in [0.29, 0.717) is 11.5 Å². The van der Waals surface area contributed by atoms with E-state index in [9.17, 15) is 9.59 Å². The third-order valence-electron chi connectivity index (χ3n) is 4.76. The van der Waals surface area contributed by atoms with Crippen molar-refractivity contribution in [3.8, 4) is 11.5 Å². The zero-order valence-electron chi connectivity index (χ0n) is 15.2. The van der Waals surface area contributed by atoms with Gasteiger partial charge in [0.15, 0.2) is 5.76 Å². The zero-order chi connectivity index (χ0) is 19.1. The molecule has 4 rings (SSSR count). The maximum atomic E-state index is 13.0. The summed E-state index contributed by atoms with van der Waals surface area (Å²) in [5.74, 6) is 1.02. The minimum absolute atomic E-state index is 0.0247. The van der Waals surface area contributed by atoms with Crippen molar-refractivity contribution in [3.63, 3.8) is 0 Å². The Morgan fingerprint density at radius 2 is 2.07 bits per heavy atom. The topological polar surface area (TPSA) is 94.4 Å². The van der Waals surface area contributed by atoms with Crippen molar-refractivity contribution in [1.82, 2.24) is 9.78 Å². The van der Waals surface area contributed by atoms with E-state index in [1.807, 2.05) is 38.1 Å². The van der Waals surface area contributed by atoms with Crippen LogP contribution in [0.15, 0.2) is 51.7 Å². The summed E-state index contributed by atoms with van der Waals surface area (Å²) in [6.45, 7) is 3.62. The number of carbonyl (C=O) groups is 1. The summed E-state index contributed by atoms with van der Waals surface area (Å²) in [7, 11) is 0. The van der Waals surface area contributed by atoms with Crippen molar-refractivity contribution < 1.29 is 9.21 Å². The number of para-hydroxylation sites is 1. The van der Waals surface area contributed by atoms with Gasteiger partial charge in [0.25, 0.3) is 5.56 Å². The standard InChI is InChI=1S/C20H20N4O3/c1-12-9-14-5-3-4-6-17(14)24(12)19(25)11-23-20(26)15(21)10-16(22-23)18-8-7-13(2)27-18/h3-8,10,12H,9,11,21H2,1-2H3/t12-/m1/s1. The van der Waals surface area contributed by atoms with E-state index in [-0.39, 0.29) is 24.2 Å². The summed E-state index contributed by atoms with van der Waals surface area (Å²) >= 11 is 0. The molecule has 7 heteroatoms. The molecule has 138 valence electrons. The van der Waals surface area contributed by atoms with Gasteiger partial charge in [0.1, 0.15) is 23.7 Å². The molecule has 0 fully saturated rings. The van der Waals surface area contributed by atoms with Crippen molar-refractivity contribution in [2.24, 2.45) is 0 Å². The summed E-state index contributed by atoms with van der Waals surface area (Å²) < 4.78 is 6.67. The third-order valence-corrected chi connectivity index (χ3v) is 4.76. The summed E-state index contributed by atoms with van der Waals surface area (Å²) in [5, 5.41) is 4.29. The van der Waals surface area contributed by atoms with Crippen LogP contribution < -0.4 is 16.2 Å². The van der Waals surface area contributed by atoms with Crippen molar-refractivity contribution >= 4 is 17.3 Å². The zero-order valence-corrected chi connectivity index (χ0v) is 15.2. The van der Waals surface area contributed by atoms with Crippen LogP contribution in [0.4, 0.5) is 11.4 Å². The fourth-order valence-corrected chi connectivity index (χ4v) is 3.51. The molecule has 1 amide bonds. The number of hydrogen-bond donors (Lipinski definition) is 1. The lowest BCUT2D eigenvalue weighted by molar-refractivity contribution is -0.119. The van der Waals surface area contributed by atoms with Gasteiger partial charge in [0.2, 0.25) is 5.91 Å². The maximum absolute atomic E-state index is 13.0. The number of hydrogen-bond acceptors (Lipinski definition) is 5. The van der Waals surface area contributed by atoms with E-state index in [2.05, 4.69) is 5.10 Å². The lowest BCUT2D eigenvalue weighted by Gasteiger charge is -2.23. The van der Waals surface area contributed by atoms with Gasteiger partial charge in [-0.2, -0.15) is 5.10 Å². The molecule has 2 aromatic heterocycles. The molecule has 3 aromatic rings. The molecule has 0 radical (unpaired) electrons. The Balaban J connectivity index is 1.67. The third kappa shape index (κ3) is 3.01. The monoisotopic (exact) mass is 364 g/mol. The lowest BCUT2D eigenvalue weighted by Crippen LogP contribution is -2.41. The molecule has 7 nitrogen and oxygen atoms in total. The smallest absolute Gasteiger partial charge is 0.290 e. The number of anilines is 2. The Hall–Kier alpha value is -3.35. The molecule has 2 N–H and O–H groups in total. The normalized spacial score (nSPS) is 15.8. The van der Waals surface area contributed by atoms with Gasteiger partial charge in [-0.25, -0.2) is 4.68 Å². The number of nitrogens with two attached hydrogens (primary N) is 1. The lowest BCUT2D eigenvalue weighted by atomic mass is 10.1. The fourth-order valence-electron chi connectivity index (χ4n) is 3.51. The van der Waals surface area contributed by atoms with Crippen LogP contribution in [0.2, 0.25) is 0 Å². The Kier molecular flexibility index (Phi) is 4.07. The second-order valence-corrected chi connectivity index (χ2v) is 6.80. The highest BCUT2D eigenvalue weighted by molar-refractivity contribution is 5.96. The van der Waals surface area contributed by atoms with E-state index in [0.717, 1.165) is 28.1 Å². The molecule has 0 aliphatic carbocycles. The van der Waals surface area contributed by atoms with Crippen molar-refractivity contribution in [1.29, 1.82) is 0 Å². The Morgan fingerprint density at radius 1 is 1.30 bits per heavy atom. The molecule has 0 saturated carbocycles. The number of furan rings is 1. The Labute approximate surface area is 156 Å². The highest BCUT2D eigenvalue weighted by Crippen LogP contribution is 2.32. The number of aromatic nitrogens is 2. The first-order chi connectivity index (χ1) is 12.9. The van der Waals surface area contributed by atoms with Crippen molar-refractivity contribution in [3.05, 3.63) is 64.1 Å². The summed E-state index contributed by atoms with van der Waals surface area (Å²) in [5.41, 5.74) is 7.82. The van der Waals surface area contributed by atoms with Crippen LogP contribution in [0.25, 0.3) is 11.5 Å². The van der Waals surface area contributed by atoms with Crippen LogP contribution in [0, 0.1) is 6.92 Å². The van der Waals surface area contributed by atoms with Crippen molar-refractivity contribution in [2.75, 3.05) is 10.6 Å². The first kappa shape index (κ1) is 17.1. The molecule has 0 bridgehead atoms. The summed E-state index contributed by atoms with van der Waals surface area (Å²) in [4.78, 5) is 27.1. The number of rotatable bonds is 3. The molecular formula is C20H20N4O3. The van der Waals surface area contributed by atoms with Crippen LogP contribution in [0.3, 0.4) is 0 Å². The molecule has 1 aromatic carbocycles. The first-order valence-corrected chi connectivity index (χ1v) is 8.78. The average molecular weight is 364 g/mol. The number of amides is 1. The van der Waals surface area contributed by atoms with Gasteiger partial charge >= 0.3 is 0 Å². The first-order valence-electron chi connectivity index (χ1n) is 8.78. The van der Waals surface area contributed by atoms with Crippen LogP contribution in [-0.2, 0) is 17.8 Å². The summed E-state index contributed by atoms with van der Waals surface area (Å²) in [6, 6.07) is 12.8. The number of fused-ring (bicyclic) bond motifs is 1. The molecular weight excluding hydrogens is 344 g/mol. The molecule has 0 unspecified atom stereocenters. The second-order valence-electron chi connectivity index (χ2n) is 6.80. The molecule has 0 spiro atoms. The number of carbonyl (C=O) groups excluding carboxylic acids is 1. The number of nitrogen functional groups attached to an aromatic ring is 1. The fraction of sp³-hybridized carbons (Fsp3) is 0.250. The minimum atomic E-state index is -0.490. The van der Waals surface area contributed by atoms with E-state index >= 15 is 0 Å². The average Bonchev–Trinajstić information content (AvgIpc) is 3.21. The van der Waals surface area contributed by atoms with Gasteiger partial charge in [-0.15, -0.1) is 0 Å². The quantitative estimate of drug-likeness (QED) is 0.770. The van der Waals surface area contributed by atoms with Crippen LogP contribution in [0.1, 0.15) is 18.2 Å². The highest BCUT2D eigenvalue weighted by atomic mass is 16.3. The summed E-state index contributed by atoms with van der Waals surface area (Å²) in [6.07, 6.45) is 0.790. The number of nitrogens with zero attached hydrogens (tertiary/aromatic N) is 3. The van der Waals surface area contributed by atoms with Gasteiger partial charge in [-0.3, -0.25) is 9.59 Å². The van der Waals surface area contributed by atoms with Crippen LogP contribution in [0.5, 0.6) is 0 Å².